The zero-order chi connectivity index (χ0) is 14.9. The summed E-state index contributed by atoms with van der Waals surface area (Å²) >= 11 is 0. The minimum Gasteiger partial charge on any atom is -0.490 e. The second-order valence-electron chi connectivity index (χ2n) is 5.39. The maximum atomic E-state index is 14.0. The van der Waals surface area contributed by atoms with Gasteiger partial charge in [-0.05, 0) is 30.7 Å². The van der Waals surface area contributed by atoms with Gasteiger partial charge in [0, 0.05) is 12.0 Å². The van der Waals surface area contributed by atoms with Crippen LogP contribution in [0.25, 0.3) is 0 Å². The molecule has 0 amide bonds. The molecule has 4 heteroatoms. The van der Waals surface area contributed by atoms with Gasteiger partial charge < -0.3 is 15.2 Å². The molecule has 0 saturated heterocycles. The van der Waals surface area contributed by atoms with E-state index in [9.17, 15) is 4.39 Å². The van der Waals surface area contributed by atoms with Crippen LogP contribution in [0.1, 0.15) is 24.5 Å². The van der Waals surface area contributed by atoms with E-state index in [2.05, 4.69) is 0 Å². The summed E-state index contributed by atoms with van der Waals surface area (Å²) in [6.45, 7) is 3.04. The Labute approximate surface area is 123 Å². The van der Waals surface area contributed by atoms with Gasteiger partial charge in [-0.25, -0.2) is 4.39 Å². The van der Waals surface area contributed by atoms with E-state index in [4.69, 9.17) is 15.2 Å². The van der Waals surface area contributed by atoms with E-state index in [1.807, 2.05) is 18.2 Å². The maximum Gasteiger partial charge on any atom is 0.161 e. The molecular weight excluding hydrogens is 269 g/mol. The zero-order valence-corrected chi connectivity index (χ0v) is 11.9. The number of halogens is 1. The van der Waals surface area contributed by atoms with Crippen LogP contribution in [0.4, 0.5) is 4.39 Å². The summed E-state index contributed by atoms with van der Waals surface area (Å²) in [5.41, 5.74) is 6.71. The molecule has 2 aromatic rings. The standard InChI is InChI=1S/C17H18FNO2/c1-17(19,13-5-2-3-6-14(13)18)12-7-8-15-16(11-12)21-10-4-9-20-15/h2-3,5-8,11H,4,9-10,19H2,1H3. The van der Waals surface area contributed by atoms with E-state index in [-0.39, 0.29) is 5.82 Å². The molecular formula is C17H18FNO2. The van der Waals surface area contributed by atoms with E-state index in [1.165, 1.54) is 6.07 Å². The van der Waals surface area contributed by atoms with Crippen LogP contribution in [-0.4, -0.2) is 13.2 Å². The Morgan fingerprint density at radius 3 is 2.52 bits per heavy atom. The molecule has 3 nitrogen and oxygen atoms in total. The van der Waals surface area contributed by atoms with E-state index >= 15 is 0 Å². The van der Waals surface area contributed by atoms with Crippen molar-refractivity contribution in [1.82, 2.24) is 0 Å². The summed E-state index contributed by atoms with van der Waals surface area (Å²) in [6.07, 6.45) is 0.844. The van der Waals surface area contributed by atoms with Crippen molar-refractivity contribution >= 4 is 0 Å². The third kappa shape index (κ3) is 2.59. The van der Waals surface area contributed by atoms with Gasteiger partial charge in [0.15, 0.2) is 11.5 Å². The van der Waals surface area contributed by atoms with Crippen LogP contribution in [0.2, 0.25) is 0 Å². The molecule has 1 aliphatic rings. The Bertz CT molecular complexity index is 655. The van der Waals surface area contributed by atoms with E-state index in [0.717, 1.165) is 12.0 Å². The van der Waals surface area contributed by atoms with Crippen molar-refractivity contribution < 1.29 is 13.9 Å². The number of benzene rings is 2. The van der Waals surface area contributed by atoms with Crippen molar-refractivity contribution in [2.75, 3.05) is 13.2 Å². The van der Waals surface area contributed by atoms with E-state index in [1.54, 1.807) is 25.1 Å². The average Bonchev–Trinajstić information content (AvgIpc) is 2.72. The largest absolute Gasteiger partial charge is 0.490 e. The Balaban J connectivity index is 2.03. The van der Waals surface area contributed by atoms with Crippen molar-refractivity contribution in [3.63, 3.8) is 0 Å². The molecule has 2 N–H and O–H groups in total. The smallest absolute Gasteiger partial charge is 0.161 e. The van der Waals surface area contributed by atoms with Gasteiger partial charge in [-0.3, -0.25) is 0 Å². The number of nitrogens with two attached hydrogens (primary N) is 1. The van der Waals surface area contributed by atoms with Crippen molar-refractivity contribution in [3.05, 3.63) is 59.4 Å². The van der Waals surface area contributed by atoms with Gasteiger partial charge in [0.05, 0.1) is 18.8 Å². The maximum absolute atomic E-state index is 14.0. The van der Waals surface area contributed by atoms with Gasteiger partial charge in [0.1, 0.15) is 5.82 Å². The van der Waals surface area contributed by atoms with Crippen molar-refractivity contribution in [1.29, 1.82) is 0 Å². The third-order valence-electron chi connectivity index (χ3n) is 3.78. The Kier molecular flexibility index (Phi) is 3.55. The molecule has 1 atom stereocenters. The minimum absolute atomic E-state index is 0.311. The lowest BCUT2D eigenvalue weighted by molar-refractivity contribution is 0.297. The number of rotatable bonds is 2. The van der Waals surface area contributed by atoms with Gasteiger partial charge >= 0.3 is 0 Å². The molecule has 0 bridgehead atoms. The topological polar surface area (TPSA) is 44.5 Å². The number of hydrogen-bond acceptors (Lipinski definition) is 3. The highest BCUT2D eigenvalue weighted by Crippen LogP contribution is 2.36. The predicted octanol–water partition coefficient (Wildman–Crippen LogP) is 3.21. The van der Waals surface area contributed by atoms with Crippen LogP contribution in [0, 0.1) is 5.82 Å². The van der Waals surface area contributed by atoms with Crippen molar-refractivity contribution in [2.45, 2.75) is 18.9 Å². The summed E-state index contributed by atoms with van der Waals surface area (Å²) < 4.78 is 25.3. The van der Waals surface area contributed by atoms with Crippen LogP contribution >= 0.6 is 0 Å². The van der Waals surface area contributed by atoms with Gasteiger partial charge in [0.2, 0.25) is 0 Å². The third-order valence-corrected chi connectivity index (χ3v) is 3.78. The van der Waals surface area contributed by atoms with Crippen LogP contribution in [0.3, 0.4) is 0 Å². The lowest BCUT2D eigenvalue weighted by Crippen LogP contribution is -2.35. The van der Waals surface area contributed by atoms with Gasteiger partial charge in [-0.15, -0.1) is 0 Å². The number of hydrogen-bond donors (Lipinski definition) is 1. The molecule has 1 unspecified atom stereocenters. The quantitative estimate of drug-likeness (QED) is 0.922. The van der Waals surface area contributed by atoms with Crippen molar-refractivity contribution in [2.24, 2.45) is 5.73 Å². The fourth-order valence-corrected chi connectivity index (χ4v) is 2.52. The number of ether oxygens (including phenoxy) is 2. The lowest BCUT2D eigenvalue weighted by Gasteiger charge is -2.27. The molecule has 0 spiro atoms. The van der Waals surface area contributed by atoms with E-state index in [0.29, 0.717) is 30.3 Å². The van der Waals surface area contributed by atoms with Crippen LogP contribution in [0.5, 0.6) is 11.5 Å². The molecule has 2 aromatic carbocycles. The Morgan fingerprint density at radius 2 is 1.76 bits per heavy atom. The van der Waals surface area contributed by atoms with E-state index < -0.39 is 5.54 Å². The first kappa shape index (κ1) is 13.9. The first-order valence-electron chi connectivity index (χ1n) is 7.03. The monoisotopic (exact) mass is 287 g/mol. The fraction of sp³-hybridized carbons (Fsp3) is 0.294. The van der Waals surface area contributed by atoms with Gasteiger partial charge in [-0.2, -0.15) is 0 Å². The van der Waals surface area contributed by atoms with Crippen molar-refractivity contribution in [3.8, 4) is 11.5 Å². The molecule has 0 fully saturated rings. The molecule has 21 heavy (non-hydrogen) atoms. The van der Waals surface area contributed by atoms with Crippen LogP contribution in [-0.2, 0) is 5.54 Å². The van der Waals surface area contributed by atoms with Gasteiger partial charge in [0.25, 0.3) is 0 Å². The Morgan fingerprint density at radius 1 is 1.05 bits per heavy atom. The average molecular weight is 287 g/mol. The Hall–Kier alpha value is -2.07. The predicted molar refractivity (Wildman–Crippen MR) is 79.1 cm³/mol. The molecule has 1 heterocycles. The summed E-state index contributed by atoms with van der Waals surface area (Å²) in [4.78, 5) is 0. The minimum atomic E-state index is -0.934. The molecule has 3 rings (SSSR count). The summed E-state index contributed by atoms with van der Waals surface area (Å²) in [5.74, 6) is 1.06. The highest BCUT2D eigenvalue weighted by molar-refractivity contribution is 5.48. The summed E-state index contributed by atoms with van der Waals surface area (Å²) in [6, 6.07) is 12.1. The highest BCUT2D eigenvalue weighted by atomic mass is 19.1. The molecule has 1 aliphatic heterocycles. The zero-order valence-electron chi connectivity index (χ0n) is 11.9. The fourth-order valence-electron chi connectivity index (χ4n) is 2.52. The first-order valence-corrected chi connectivity index (χ1v) is 7.03. The second-order valence-corrected chi connectivity index (χ2v) is 5.39. The second kappa shape index (κ2) is 5.37. The SMILES string of the molecule is CC(N)(c1ccc2c(c1)OCCCO2)c1ccccc1F. The van der Waals surface area contributed by atoms with Gasteiger partial charge in [-0.1, -0.05) is 24.3 Å². The molecule has 0 saturated carbocycles. The number of fused-ring (bicyclic) bond motifs is 1. The summed E-state index contributed by atoms with van der Waals surface area (Å²) in [7, 11) is 0. The van der Waals surface area contributed by atoms with Crippen LogP contribution < -0.4 is 15.2 Å². The highest BCUT2D eigenvalue weighted by Gasteiger charge is 2.28. The first-order chi connectivity index (χ1) is 10.1. The molecule has 110 valence electrons. The molecule has 0 aliphatic carbocycles. The summed E-state index contributed by atoms with van der Waals surface area (Å²) in [5, 5.41) is 0. The van der Waals surface area contributed by atoms with Crippen LogP contribution in [0.15, 0.2) is 42.5 Å². The molecule has 0 radical (unpaired) electrons. The normalized spacial score (nSPS) is 16.9. The molecule has 0 aromatic heterocycles. The lowest BCUT2D eigenvalue weighted by atomic mass is 9.85.